The summed E-state index contributed by atoms with van der Waals surface area (Å²) < 4.78 is 5.96. The Balaban J connectivity index is 1.25. The van der Waals surface area contributed by atoms with Crippen molar-refractivity contribution < 1.29 is 14.6 Å². The first kappa shape index (κ1) is 26.8. The average molecular weight is 507 g/mol. The zero-order chi connectivity index (χ0) is 26.4. The number of carbonyl (C=O) groups excluding carboxylic acids is 1. The second-order valence-corrected chi connectivity index (χ2v) is 14.1. The summed E-state index contributed by atoms with van der Waals surface area (Å²) in [6.45, 7) is 12.5. The van der Waals surface area contributed by atoms with E-state index in [0.717, 1.165) is 54.8 Å². The Hall–Kier alpha value is -1.77. The van der Waals surface area contributed by atoms with E-state index in [9.17, 15) is 9.90 Å². The number of hydrogen-bond acceptors (Lipinski definition) is 3. The Morgan fingerprint density at radius 2 is 1.76 bits per heavy atom. The van der Waals surface area contributed by atoms with Gasteiger partial charge in [0.15, 0.2) is 0 Å². The molecule has 3 fully saturated rings. The standard InChI is InChI=1S/C34H50O3/c1-22(2)7-6-8-23(3)29-15-16-30-28-14-11-25-21-27(37-32(36)24-9-12-26(35)13-10-24)17-19-33(25,4)31(28)18-20-34(29,30)5/h9-13,22-23,27-31,35H,6-8,14-21H2,1-5H3. The van der Waals surface area contributed by atoms with E-state index in [0.29, 0.717) is 11.0 Å². The average Bonchev–Trinajstić information content (AvgIpc) is 3.21. The van der Waals surface area contributed by atoms with Crippen molar-refractivity contribution >= 4 is 5.97 Å². The molecule has 0 aliphatic heterocycles. The van der Waals surface area contributed by atoms with Gasteiger partial charge in [-0.05, 0) is 116 Å². The summed E-state index contributed by atoms with van der Waals surface area (Å²) >= 11 is 0. The molecule has 0 bridgehead atoms. The van der Waals surface area contributed by atoms with Gasteiger partial charge in [0.05, 0.1) is 5.56 Å². The molecule has 37 heavy (non-hydrogen) atoms. The number of fused-ring (bicyclic) bond motifs is 5. The van der Waals surface area contributed by atoms with Gasteiger partial charge in [0, 0.05) is 6.42 Å². The number of phenols is 1. The van der Waals surface area contributed by atoms with Gasteiger partial charge in [0.2, 0.25) is 0 Å². The van der Waals surface area contributed by atoms with Crippen LogP contribution < -0.4 is 0 Å². The Bertz CT molecular complexity index is 993. The fraction of sp³-hybridized carbons (Fsp3) is 0.735. The lowest BCUT2D eigenvalue weighted by atomic mass is 9.47. The predicted octanol–water partition coefficient (Wildman–Crippen LogP) is 8.96. The van der Waals surface area contributed by atoms with Crippen LogP contribution in [0.2, 0.25) is 0 Å². The second-order valence-electron chi connectivity index (χ2n) is 14.1. The molecule has 4 aliphatic carbocycles. The van der Waals surface area contributed by atoms with Crippen LogP contribution in [-0.4, -0.2) is 17.2 Å². The van der Waals surface area contributed by atoms with E-state index in [4.69, 9.17) is 4.74 Å². The third kappa shape index (κ3) is 5.01. The van der Waals surface area contributed by atoms with Crippen LogP contribution in [-0.2, 0) is 4.74 Å². The number of phenolic OH excluding ortho intramolecular Hbond substituents is 1. The van der Waals surface area contributed by atoms with E-state index in [-0.39, 0.29) is 23.2 Å². The molecular formula is C34H50O3. The molecule has 4 aliphatic rings. The van der Waals surface area contributed by atoms with Crippen LogP contribution in [0.4, 0.5) is 0 Å². The quantitative estimate of drug-likeness (QED) is 0.296. The van der Waals surface area contributed by atoms with Crippen LogP contribution in [0.3, 0.4) is 0 Å². The highest BCUT2D eigenvalue weighted by molar-refractivity contribution is 5.89. The van der Waals surface area contributed by atoms with Crippen molar-refractivity contribution in [2.24, 2.45) is 46.3 Å². The lowest BCUT2D eigenvalue weighted by Gasteiger charge is -2.58. The van der Waals surface area contributed by atoms with Crippen LogP contribution in [0.25, 0.3) is 0 Å². The molecule has 1 aromatic carbocycles. The fourth-order valence-corrected chi connectivity index (χ4v) is 9.57. The van der Waals surface area contributed by atoms with E-state index in [1.165, 1.54) is 51.4 Å². The number of ether oxygens (including phenoxy) is 1. The molecule has 0 heterocycles. The minimum Gasteiger partial charge on any atom is -0.508 e. The van der Waals surface area contributed by atoms with Crippen molar-refractivity contribution in [2.75, 3.05) is 0 Å². The minimum absolute atomic E-state index is 0.0337. The highest BCUT2D eigenvalue weighted by atomic mass is 16.5. The van der Waals surface area contributed by atoms with E-state index in [2.05, 4.69) is 40.7 Å². The van der Waals surface area contributed by atoms with Gasteiger partial charge < -0.3 is 9.84 Å². The van der Waals surface area contributed by atoms with E-state index < -0.39 is 0 Å². The molecule has 8 unspecified atom stereocenters. The summed E-state index contributed by atoms with van der Waals surface area (Å²) in [5.74, 6) is 4.98. The maximum Gasteiger partial charge on any atom is 0.338 e. The normalized spacial score (nSPS) is 37.8. The summed E-state index contributed by atoms with van der Waals surface area (Å²) in [6.07, 6.45) is 16.6. The molecule has 1 aromatic rings. The van der Waals surface area contributed by atoms with Gasteiger partial charge in [-0.15, -0.1) is 0 Å². The molecule has 3 heteroatoms. The number of benzene rings is 1. The first-order chi connectivity index (χ1) is 17.6. The summed E-state index contributed by atoms with van der Waals surface area (Å²) in [4.78, 5) is 12.7. The zero-order valence-electron chi connectivity index (χ0n) is 24.0. The van der Waals surface area contributed by atoms with Gasteiger partial charge in [0.25, 0.3) is 0 Å². The molecule has 3 nitrogen and oxygen atoms in total. The number of allylic oxidation sites excluding steroid dienone is 1. The molecular weight excluding hydrogens is 456 g/mol. The van der Waals surface area contributed by atoms with E-state index in [1.807, 2.05) is 0 Å². The highest BCUT2D eigenvalue weighted by Gasteiger charge is 2.59. The third-order valence-corrected chi connectivity index (χ3v) is 11.6. The topological polar surface area (TPSA) is 46.5 Å². The molecule has 0 amide bonds. The molecule has 1 N–H and O–H groups in total. The Labute approximate surface area is 225 Å². The predicted molar refractivity (Wildman–Crippen MR) is 150 cm³/mol. The van der Waals surface area contributed by atoms with Gasteiger partial charge in [-0.2, -0.15) is 0 Å². The molecule has 8 atom stereocenters. The van der Waals surface area contributed by atoms with Crippen molar-refractivity contribution in [3.8, 4) is 5.75 Å². The molecule has 0 saturated heterocycles. The van der Waals surface area contributed by atoms with Crippen LogP contribution >= 0.6 is 0 Å². The molecule has 0 aromatic heterocycles. The van der Waals surface area contributed by atoms with Crippen molar-refractivity contribution in [1.82, 2.24) is 0 Å². The number of esters is 1. The lowest BCUT2D eigenvalue weighted by molar-refractivity contribution is -0.0594. The monoisotopic (exact) mass is 506 g/mol. The van der Waals surface area contributed by atoms with Gasteiger partial charge in [-0.1, -0.05) is 65.5 Å². The second kappa shape index (κ2) is 10.4. The Kier molecular flexibility index (Phi) is 7.55. The van der Waals surface area contributed by atoms with Gasteiger partial charge in [-0.25, -0.2) is 4.79 Å². The Morgan fingerprint density at radius 3 is 2.49 bits per heavy atom. The van der Waals surface area contributed by atoms with Crippen LogP contribution in [0.5, 0.6) is 5.75 Å². The van der Waals surface area contributed by atoms with E-state index >= 15 is 0 Å². The summed E-state index contributed by atoms with van der Waals surface area (Å²) in [5.41, 5.74) is 2.87. The third-order valence-electron chi connectivity index (χ3n) is 11.6. The van der Waals surface area contributed by atoms with Crippen molar-refractivity contribution in [2.45, 2.75) is 111 Å². The summed E-state index contributed by atoms with van der Waals surface area (Å²) in [6, 6.07) is 6.40. The molecule has 204 valence electrons. The molecule has 3 saturated carbocycles. The maximum absolute atomic E-state index is 12.7. The number of rotatable bonds is 7. The highest BCUT2D eigenvalue weighted by Crippen LogP contribution is 2.67. The molecule has 0 radical (unpaired) electrons. The van der Waals surface area contributed by atoms with Crippen LogP contribution in [0, 0.1) is 46.3 Å². The number of carbonyl (C=O) groups is 1. The first-order valence-corrected chi connectivity index (χ1v) is 15.3. The zero-order valence-corrected chi connectivity index (χ0v) is 24.0. The lowest BCUT2D eigenvalue weighted by Crippen LogP contribution is -2.51. The minimum atomic E-state index is -0.268. The summed E-state index contributed by atoms with van der Waals surface area (Å²) in [5, 5.41) is 9.52. The van der Waals surface area contributed by atoms with E-state index in [1.54, 1.807) is 29.8 Å². The number of hydrogen-bond donors (Lipinski definition) is 1. The van der Waals surface area contributed by atoms with Gasteiger partial charge >= 0.3 is 5.97 Å². The van der Waals surface area contributed by atoms with Crippen molar-refractivity contribution in [3.05, 3.63) is 41.5 Å². The largest absolute Gasteiger partial charge is 0.508 e. The smallest absolute Gasteiger partial charge is 0.338 e. The first-order valence-electron chi connectivity index (χ1n) is 15.3. The van der Waals surface area contributed by atoms with Crippen LogP contribution in [0.1, 0.15) is 116 Å². The van der Waals surface area contributed by atoms with Gasteiger partial charge in [-0.3, -0.25) is 0 Å². The SMILES string of the molecule is CC(C)CCCC(C)C1CCC2C3CC=C4CC(OC(=O)c5ccc(O)cc5)CCC4(C)C3CCC12C. The van der Waals surface area contributed by atoms with Crippen molar-refractivity contribution in [3.63, 3.8) is 0 Å². The summed E-state index contributed by atoms with van der Waals surface area (Å²) in [7, 11) is 0. The van der Waals surface area contributed by atoms with Crippen LogP contribution in [0.15, 0.2) is 35.9 Å². The maximum atomic E-state index is 12.7. The van der Waals surface area contributed by atoms with Crippen molar-refractivity contribution in [1.29, 1.82) is 0 Å². The van der Waals surface area contributed by atoms with Gasteiger partial charge in [0.1, 0.15) is 11.9 Å². The number of aromatic hydroxyl groups is 1. The molecule has 0 spiro atoms. The Morgan fingerprint density at radius 1 is 1.00 bits per heavy atom. The molecule has 5 rings (SSSR count). The fourth-order valence-electron chi connectivity index (χ4n) is 9.57.